The first-order valence-electron chi connectivity index (χ1n) is 5.92. The number of nitrogens with two attached hydrogens (primary N) is 1. The molecule has 0 saturated carbocycles. The number of halogens is 2. The SMILES string of the molecule is Nc1cc(-c2cc(F)c(F)c(-c3ccccc3)c2)no1. The maximum atomic E-state index is 13.9. The van der Waals surface area contributed by atoms with Gasteiger partial charge in [-0.25, -0.2) is 8.78 Å². The minimum Gasteiger partial charge on any atom is -0.368 e. The highest BCUT2D eigenvalue weighted by molar-refractivity contribution is 5.72. The summed E-state index contributed by atoms with van der Waals surface area (Å²) in [6.45, 7) is 0. The lowest BCUT2D eigenvalue weighted by Gasteiger charge is -2.06. The van der Waals surface area contributed by atoms with Gasteiger partial charge >= 0.3 is 0 Å². The topological polar surface area (TPSA) is 52.0 Å². The van der Waals surface area contributed by atoms with Crippen molar-refractivity contribution in [3.63, 3.8) is 0 Å². The minimum absolute atomic E-state index is 0.117. The lowest BCUT2D eigenvalue weighted by Crippen LogP contribution is -1.92. The molecule has 0 saturated heterocycles. The molecule has 0 aliphatic rings. The van der Waals surface area contributed by atoms with Crippen LogP contribution in [0, 0.1) is 11.6 Å². The van der Waals surface area contributed by atoms with Gasteiger partial charge in [-0.2, -0.15) is 0 Å². The highest BCUT2D eigenvalue weighted by atomic mass is 19.2. The van der Waals surface area contributed by atoms with Crippen molar-refractivity contribution in [1.29, 1.82) is 0 Å². The van der Waals surface area contributed by atoms with Crippen LogP contribution in [0.2, 0.25) is 0 Å². The molecule has 3 nitrogen and oxygen atoms in total. The van der Waals surface area contributed by atoms with Gasteiger partial charge in [0.2, 0.25) is 5.88 Å². The monoisotopic (exact) mass is 272 g/mol. The van der Waals surface area contributed by atoms with Gasteiger partial charge in [0.05, 0.1) is 0 Å². The molecule has 20 heavy (non-hydrogen) atoms. The zero-order chi connectivity index (χ0) is 14.1. The molecule has 0 aliphatic carbocycles. The summed E-state index contributed by atoms with van der Waals surface area (Å²) in [5.74, 6) is -1.72. The van der Waals surface area contributed by atoms with Gasteiger partial charge in [0.25, 0.3) is 0 Å². The molecule has 3 rings (SSSR count). The highest BCUT2D eigenvalue weighted by Crippen LogP contribution is 2.30. The molecule has 0 unspecified atom stereocenters. The number of anilines is 1. The fourth-order valence-corrected chi connectivity index (χ4v) is 1.99. The van der Waals surface area contributed by atoms with Crippen molar-refractivity contribution in [2.75, 3.05) is 5.73 Å². The molecular formula is C15H10F2N2O. The van der Waals surface area contributed by atoms with Gasteiger partial charge in [0, 0.05) is 17.2 Å². The molecule has 100 valence electrons. The Kier molecular flexibility index (Phi) is 2.95. The third-order valence-electron chi connectivity index (χ3n) is 2.94. The molecule has 3 aromatic rings. The first-order valence-corrected chi connectivity index (χ1v) is 5.92. The average molecular weight is 272 g/mol. The maximum Gasteiger partial charge on any atom is 0.222 e. The smallest absolute Gasteiger partial charge is 0.222 e. The molecule has 0 amide bonds. The second kappa shape index (κ2) is 4.77. The van der Waals surface area contributed by atoms with Crippen molar-refractivity contribution >= 4 is 5.88 Å². The Bertz CT molecular complexity index is 754. The van der Waals surface area contributed by atoms with Crippen LogP contribution >= 0.6 is 0 Å². The number of hydrogen-bond acceptors (Lipinski definition) is 3. The van der Waals surface area contributed by atoms with Gasteiger partial charge in [-0.15, -0.1) is 0 Å². The molecule has 1 aromatic heterocycles. The fraction of sp³-hybridized carbons (Fsp3) is 0. The van der Waals surface area contributed by atoms with Crippen LogP contribution < -0.4 is 5.73 Å². The van der Waals surface area contributed by atoms with Crippen LogP contribution in [0.25, 0.3) is 22.4 Å². The Balaban J connectivity index is 2.18. The highest BCUT2D eigenvalue weighted by Gasteiger charge is 2.15. The van der Waals surface area contributed by atoms with Crippen molar-refractivity contribution in [3.05, 3.63) is 60.2 Å². The molecule has 0 bridgehead atoms. The second-order valence-corrected chi connectivity index (χ2v) is 4.30. The summed E-state index contributed by atoms with van der Waals surface area (Å²) in [5, 5.41) is 3.70. The molecule has 0 spiro atoms. The Hall–Kier alpha value is -2.69. The van der Waals surface area contributed by atoms with Crippen molar-refractivity contribution in [3.8, 4) is 22.4 Å². The van der Waals surface area contributed by atoms with E-state index in [0.717, 1.165) is 6.07 Å². The summed E-state index contributed by atoms with van der Waals surface area (Å²) in [7, 11) is 0. The van der Waals surface area contributed by atoms with Gasteiger partial charge in [-0.05, 0) is 17.7 Å². The van der Waals surface area contributed by atoms with Crippen molar-refractivity contribution < 1.29 is 13.3 Å². The van der Waals surface area contributed by atoms with Crippen molar-refractivity contribution in [2.45, 2.75) is 0 Å². The molecule has 1 heterocycles. The summed E-state index contributed by atoms with van der Waals surface area (Å²) in [6.07, 6.45) is 0. The van der Waals surface area contributed by atoms with Crippen molar-refractivity contribution in [1.82, 2.24) is 5.16 Å². The van der Waals surface area contributed by atoms with Crippen LogP contribution in [-0.2, 0) is 0 Å². The first-order chi connectivity index (χ1) is 9.65. The predicted octanol–water partition coefficient (Wildman–Crippen LogP) is 3.87. The van der Waals surface area contributed by atoms with E-state index >= 15 is 0 Å². The number of rotatable bonds is 2. The van der Waals surface area contributed by atoms with Gasteiger partial charge in [-0.1, -0.05) is 35.5 Å². The Morgan fingerprint density at radius 2 is 1.70 bits per heavy atom. The van der Waals surface area contributed by atoms with E-state index in [2.05, 4.69) is 5.16 Å². The van der Waals surface area contributed by atoms with Gasteiger partial charge < -0.3 is 10.3 Å². The summed E-state index contributed by atoms with van der Waals surface area (Å²) in [4.78, 5) is 0. The third-order valence-corrected chi connectivity index (χ3v) is 2.94. The van der Waals surface area contributed by atoms with E-state index in [1.807, 2.05) is 0 Å². The molecule has 0 aliphatic heterocycles. The Morgan fingerprint density at radius 1 is 0.950 bits per heavy atom. The number of benzene rings is 2. The second-order valence-electron chi connectivity index (χ2n) is 4.30. The maximum absolute atomic E-state index is 13.9. The fourth-order valence-electron chi connectivity index (χ4n) is 1.99. The number of nitrogens with zero attached hydrogens (tertiary/aromatic N) is 1. The predicted molar refractivity (Wildman–Crippen MR) is 71.7 cm³/mol. The average Bonchev–Trinajstić information content (AvgIpc) is 2.89. The molecule has 0 radical (unpaired) electrons. The van der Waals surface area contributed by atoms with E-state index in [-0.39, 0.29) is 11.4 Å². The summed E-state index contributed by atoms with van der Waals surface area (Å²) < 4.78 is 32.4. The van der Waals surface area contributed by atoms with Crippen LogP contribution in [0.3, 0.4) is 0 Å². The number of aromatic nitrogens is 1. The normalized spacial score (nSPS) is 10.7. The quantitative estimate of drug-likeness (QED) is 0.770. The summed E-state index contributed by atoms with van der Waals surface area (Å²) >= 11 is 0. The van der Waals surface area contributed by atoms with Gasteiger partial charge in [-0.3, -0.25) is 0 Å². The van der Waals surface area contributed by atoms with E-state index in [4.69, 9.17) is 10.3 Å². The lowest BCUT2D eigenvalue weighted by molar-refractivity contribution is 0.439. The molecule has 2 N–H and O–H groups in total. The number of hydrogen-bond donors (Lipinski definition) is 1. The van der Waals surface area contributed by atoms with Gasteiger partial charge in [0.15, 0.2) is 11.6 Å². The van der Waals surface area contributed by atoms with E-state index < -0.39 is 11.6 Å². The molecule has 0 atom stereocenters. The van der Waals surface area contributed by atoms with E-state index in [0.29, 0.717) is 16.8 Å². The number of nitrogen functional groups attached to an aromatic ring is 1. The molecular weight excluding hydrogens is 262 g/mol. The summed E-state index contributed by atoms with van der Waals surface area (Å²) in [5.41, 5.74) is 6.96. The van der Waals surface area contributed by atoms with Gasteiger partial charge in [0.1, 0.15) is 5.69 Å². The molecule has 2 aromatic carbocycles. The van der Waals surface area contributed by atoms with E-state index in [1.165, 1.54) is 12.1 Å². The zero-order valence-electron chi connectivity index (χ0n) is 10.3. The molecule has 5 heteroatoms. The Morgan fingerprint density at radius 3 is 2.35 bits per heavy atom. The van der Waals surface area contributed by atoms with Crippen LogP contribution in [0.15, 0.2) is 53.1 Å². The lowest BCUT2D eigenvalue weighted by atomic mass is 10.0. The Labute approximate surface area is 113 Å². The first kappa shape index (κ1) is 12.3. The van der Waals surface area contributed by atoms with Crippen LogP contribution in [0.5, 0.6) is 0 Å². The van der Waals surface area contributed by atoms with Crippen LogP contribution in [0.1, 0.15) is 0 Å². The zero-order valence-corrected chi connectivity index (χ0v) is 10.3. The third kappa shape index (κ3) is 2.14. The van der Waals surface area contributed by atoms with E-state index in [9.17, 15) is 8.78 Å². The summed E-state index contributed by atoms with van der Waals surface area (Å²) in [6, 6.07) is 12.8. The standard InChI is InChI=1S/C15H10F2N2O/c16-12-7-10(13-8-14(18)20-19-13)6-11(15(12)17)9-4-2-1-3-5-9/h1-8H,18H2. The van der Waals surface area contributed by atoms with Crippen molar-refractivity contribution in [2.24, 2.45) is 0 Å². The minimum atomic E-state index is -0.942. The van der Waals surface area contributed by atoms with E-state index in [1.54, 1.807) is 30.3 Å². The largest absolute Gasteiger partial charge is 0.368 e. The van der Waals surface area contributed by atoms with Crippen LogP contribution in [-0.4, -0.2) is 5.16 Å². The van der Waals surface area contributed by atoms with Crippen LogP contribution in [0.4, 0.5) is 14.7 Å². The molecule has 0 fully saturated rings.